The van der Waals surface area contributed by atoms with E-state index in [0.29, 0.717) is 0 Å². The fourth-order valence-corrected chi connectivity index (χ4v) is 1.52. The SMILES string of the molecule is C.C.C.C.C.C.C.C.C.C.OCC(CO)(CO)CO.OCC(CO)(CO)CO.OCC(CO)(CO)CO.OCCC(CO)(CO)CO. The number of aliphatic hydroxyl groups excluding tert-OH is 16. The molecule has 0 unspecified atom stereocenters. The van der Waals surface area contributed by atoms with E-state index >= 15 is 0 Å². The van der Waals surface area contributed by atoms with Crippen molar-refractivity contribution in [3.63, 3.8) is 0 Å². The summed E-state index contributed by atoms with van der Waals surface area (Å²) in [6.45, 7) is -5.93. The summed E-state index contributed by atoms with van der Waals surface area (Å²) in [6, 6.07) is 0. The van der Waals surface area contributed by atoms with Crippen LogP contribution >= 0.6 is 0 Å². The highest BCUT2D eigenvalue weighted by Gasteiger charge is 2.28. The standard InChI is InChI=1S/C6H14O4.3C5H12O4.10CH4/c7-2-1-6(3-8,4-9)5-10;3*6-1-5(2-7,3-8)4-9;;;;;;;;;;/h7-10H,1-5H2;3*6-9H,1-4H2;10*1H4. The summed E-state index contributed by atoms with van der Waals surface area (Å²) in [7, 11) is 0. The van der Waals surface area contributed by atoms with E-state index in [9.17, 15) is 0 Å². The predicted molar refractivity (Wildman–Crippen MR) is 195 cm³/mol. The van der Waals surface area contributed by atoms with Crippen LogP contribution in [0, 0.1) is 21.7 Å². The van der Waals surface area contributed by atoms with Crippen molar-refractivity contribution in [3.8, 4) is 0 Å². The molecule has 16 nitrogen and oxygen atoms in total. The van der Waals surface area contributed by atoms with Crippen molar-refractivity contribution in [2.45, 2.75) is 80.7 Å². The lowest BCUT2D eigenvalue weighted by atomic mass is 9.88. The van der Waals surface area contributed by atoms with Gasteiger partial charge in [-0.15, -0.1) is 0 Å². The molecule has 0 aliphatic rings. The highest BCUT2D eigenvalue weighted by molar-refractivity contribution is 4.77. The second kappa shape index (κ2) is 54.8. The number of aliphatic hydroxyl groups is 16. The van der Waals surface area contributed by atoms with Gasteiger partial charge in [-0.2, -0.15) is 0 Å². The first-order valence-corrected chi connectivity index (χ1v) is 11.2. The van der Waals surface area contributed by atoms with Crippen LogP contribution in [0.4, 0.5) is 0 Å². The second-order valence-electron chi connectivity index (χ2n) is 8.85. The van der Waals surface area contributed by atoms with Gasteiger partial charge in [-0.1, -0.05) is 74.3 Å². The normalized spacial score (nSPS) is 9.45. The molecular formula is C31H90O16. The van der Waals surface area contributed by atoms with Gasteiger partial charge < -0.3 is 81.7 Å². The highest BCUT2D eigenvalue weighted by Crippen LogP contribution is 2.18. The first kappa shape index (κ1) is 91.1. The molecule has 0 fully saturated rings. The molecule has 0 saturated carbocycles. The van der Waals surface area contributed by atoms with Gasteiger partial charge in [0.2, 0.25) is 0 Å². The Balaban J connectivity index is -0.0000000241. The van der Waals surface area contributed by atoms with E-state index in [1.54, 1.807) is 0 Å². The van der Waals surface area contributed by atoms with Crippen LogP contribution < -0.4 is 0 Å². The topological polar surface area (TPSA) is 324 Å². The molecule has 16 N–H and O–H groups in total. The lowest BCUT2D eigenvalue weighted by Crippen LogP contribution is -2.37. The molecule has 0 aliphatic heterocycles. The van der Waals surface area contributed by atoms with Crippen LogP contribution in [-0.2, 0) is 0 Å². The largest absolute Gasteiger partial charge is 0.396 e. The van der Waals surface area contributed by atoms with Gasteiger partial charge in [-0.25, -0.2) is 0 Å². The molecule has 0 aromatic heterocycles. The Hall–Kier alpha value is -0.640. The fourth-order valence-electron chi connectivity index (χ4n) is 1.52. The minimum absolute atomic E-state index is 0. The maximum absolute atomic E-state index is 8.68. The highest BCUT2D eigenvalue weighted by atomic mass is 16.3. The summed E-state index contributed by atoms with van der Waals surface area (Å²) in [5.41, 5.74) is -4.24. The molecule has 0 aliphatic carbocycles. The van der Waals surface area contributed by atoms with E-state index in [4.69, 9.17) is 81.7 Å². The molecule has 0 bridgehead atoms. The third kappa shape index (κ3) is 36.5. The zero-order chi connectivity index (χ0) is 30.0. The zero-order valence-corrected chi connectivity index (χ0v) is 21.2. The van der Waals surface area contributed by atoms with Crippen molar-refractivity contribution in [2.75, 3.05) is 106 Å². The summed E-state index contributed by atoms with van der Waals surface area (Å²) >= 11 is 0. The molecule has 0 atom stereocenters. The average molecular weight is 719 g/mol. The first-order valence-electron chi connectivity index (χ1n) is 11.2. The van der Waals surface area contributed by atoms with Gasteiger partial charge in [0, 0.05) is 12.0 Å². The molecule has 0 saturated heterocycles. The van der Waals surface area contributed by atoms with E-state index < -0.39 is 101 Å². The smallest absolute Gasteiger partial charge is 0.0627 e. The molecule has 0 amide bonds. The van der Waals surface area contributed by atoms with Gasteiger partial charge in [-0.3, -0.25) is 0 Å². The summed E-state index contributed by atoms with van der Waals surface area (Å²) in [5.74, 6) is 0. The lowest BCUT2D eigenvalue weighted by Gasteiger charge is -2.25. The minimum Gasteiger partial charge on any atom is -0.396 e. The maximum atomic E-state index is 8.68. The Bertz CT molecular complexity index is 350. The van der Waals surface area contributed by atoms with Gasteiger partial charge >= 0.3 is 0 Å². The third-order valence-electron chi connectivity index (χ3n) is 5.67. The Morgan fingerprint density at radius 2 is 0.298 bits per heavy atom. The number of hydrogen-bond donors (Lipinski definition) is 16. The van der Waals surface area contributed by atoms with Crippen molar-refractivity contribution in [3.05, 3.63) is 0 Å². The summed E-state index contributed by atoms with van der Waals surface area (Å²) in [5, 5.41) is 136. The first-order chi connectivity index (χ1) is 17.5. The van der Waals surface area contributed by atoms with Crippen molar-refractivity contribution in [2.24, 2.45) is 21.7 Å². The van der Waals surface area contributed by atoms with E-state index in [1.165, 1.54) is 0 Å². The fraction of sp³-hybridized carbons (Fsp3) is 1.00. The van der Waals surface area contributed by atoms with Crippen LogP contribution in [0.2, 0.25) is 0 Å². The average Bonchev–Trinajstić information content (AvgIpc) is 2.97. The van der Waals surface area contributed by atoms with Crippen LogP contribution in [0.15, 0.2) is 0 Å². The summed E-state index contributed by atoms with van der Waals surface area (Å²) < 4.78 is 0. The van der Waals surface area contributed by atoms with Crippen LogP contribution in [-0.4, -0.2) is 187 Å². The van der Waals surface area contributed by atoms with E-state index in [-0.39, 0.29) is 107 Å². The Labute approximate surface area is 289 Å². The van der Waals surface area contributed by atoms with Gasteiger partial charge in [-0.05, 0) is 6.42 Å². The Morgan fingerprint density at radius 1 is 0.191 bits per heavy atom. The molecule has 0 heterocycles. The molecule has 16 heteroatoms. The third-order valence-corrected chi connectivity index (χ3v) is 5.67. The van der Waals surface area contributed by atoms with Crippen LogP contribution in [0.1, 0.15) is 80.7 Å². The molecule has 0 aromatic rings. The molecule has 0 radical (unpaired) electrons. The molecule has 0 aromatic carbocycles. The van der Waals surface area contributed by atoms with E-state index in [2.05, 4.69) is 0 Å². The Morgan fingerprint density at radius 3 is 0.319 bits per heavy atom. The molecule has 0 rings (SSSR count). The van der Waals surface area contributed by atoms with E-state index in [1.807, 2.05) is 0 Å². The van der Waals surface area contributed by atoms with Crippen molar-refractivity contribution in [1.82, 2.24) is 0 Å². The summed E-state index contributed by atoms with van der Waals surface area (Å²) in [4.78, 5) is 0. The van der Waals surface area contributed by atoms with E-state index in [0.717, 1.165) is 0 Å². The van der Waals surface area contributed by atoms with Gasteiger partial charge in [0.1, 0.15) is 0 Å². The van der Waals surface area contributed by atoms with Crippen molar-refractivity contribution in [1.29, 1.82) is 0 Å². The van der Waals surface area contributed by atoms with Crippen LogP contribution in [0.5, 0.6) is 0 Å². The molecule has 0 spiro atoms. The predicted octanol–water partition coefficient (Wildman–Crippen LogP) is -1.48. The molecule has 310 valence electrons. The van der Waals surface area contributed by atoms with Gasteiger partial charge in [0.05, 0.1) is 115 Å². The van der Waals surface area contributed by atoms with Crippen LogP contribution in [0.3, 0.4) is 0 Å². The van der Waals surface area contributed by atoms with Crippen molar-refractivity contribution < 1.29 is 81.7 Å². The van der Waals surface area contributed by atoms with Crippen molar-refractivity contribution >= 4 is 0 Å². The second-order valence-corrected chi connectivity index (χ2v) is 8.85. The molecule has 47 heavy (non-hydrogen) atoms. The minimum atomic E-state index is -1.11. The van der Waals surface area contributed by atoms with Crippen LogP contribution in [0.25, 0.3) is 0 Å². The van der Waals surface area contributed by atoms with Gasteiger partial charge in [0.25, 0.3) is 0 Å². The number of rotatable bonds is 17. The number of hydrogen-bond acceptors (Lipinski definition) is 16. The summed E-state index contributed by atoms with van der Waals surface area (Å²) in [6.07, 6.45) is 0.219. The lowest BCUT2D eigenvalue weighted by molar-refractivity contribution is -0.0332. The Kier molecular flexibility index (Phi) is 106. The monoisotopic (exact) mass is 719 g/mol. The quantitative estimate of drug-likeness (QED) is 0.0815. The van der Waals surface area contributed by atoms with Gasteiger partial charge in [0.15, 0.2) is 0 Å². The zero-order valence-electron chi connectivity index (χ0n) is 21.2. The molecular weight excluding hydrogens is 628 g/mol. The maximum Gasteiger partial charge on any atom is 0.0627 e.